The first-order valence-corrected chi connectivity index (χ1v) is 35.3. The van der Waals surface area contributed by atoms with Gasteiger partial charge in [0, 0.05) is 25.7 Å². The summed E-state index contributed by atoms with van der Waals surface area (Å²) in [4.78, 5) is 132. The van der Waals surface area contributed by atoms with Crippen molar-refractivity contribution in [3.63, 3.8) is 0 Å². The molecule has 8 bridgehead atoms. The van der Waals surface area contributed by atoms with Gasteiger partial charge in [-0.05, 0) is 111 Å². The molecule has 0 radical (unpaired) electrons. The van der Waals surface area contributed by atoms with Crippen molar-refractivity contribution >= 4 is 53.3 Å². The second-order valence-corrected chi connectivity index (χ2v) is 30.9. The molecule has 6 aliphatic heterocycles. The van der Waals surface area contributed by atoms with Crippen molar-refractivity contribution in [3.05, 3.63) is 164 Å². The minimum absolute atomic E-state index is 0.0906. The summed E-state index contributed by atoms with van der Waals surface area (Å²) in [7, 11) is 0. The third kappa shape index (κ3) is 12.6. The fourth-order valence-electron chi connectivity index (χ4n) is 16.9. The molecule has 0 aromatic carbocycles. The van der Waals surface area contributed by atoms with Crippen LogP contribution in [0.2, 0.25) is 0 Å². The van der Waals surface area contributed by atoms with Crippen LogP contribution in [0.3, 0.4) is 0 Å². The standard InChI is InChI=1S/C78H90O30/c1-35-13-11-17-71(7)27-43(33-101-69-59(91)57(89)55(87)47(31-81)103-69)39(5)23-75(71)61(93)49(65(97)105-75)46(84)16-20-74(10)26-42(30-80)38(4)22-78(74)64(96)52(68(100)108-78)54(86)36(2)14-12-18-72(8)28-44(34-102-70-60(92)58(90)56(88)48(32-82)104-70)40(6)24-76(72)62(94)50(66(98)106-76)45(83)15-19-73(9)25-41(29-79)37(3)21-77(73)63(95)51(53(35)85)67(99)107-77/h11-20,25-29,37-40,47-48,55-60,69-70,80-92H,21-24,30-34H2,1-10H3/b17-11+,18-12+,19-15+,20-16+,35-13+,36-14+,49-46?,50-45?,53-51?,54-52?/t37-,38-,39-,40+,47+,48+,55+,56-,57+,58-,59+,60+,69+,70-,71-,72-,73-,74-,75+,76+,77+,78+/m1/s1. The average Bonchev–Trinajstić information content (AvgIpc) is 1.55. The van der Waals surface area contributed by atoms with Crippen LogP contribution in [0.15, 0.2) is 164 Å². The van der Waals surface area contributed by atoms with Gasteiger partial charge in [-0.2, -0.15) is 0 Å². The molecule has 5 aliphatic carbocycles. The van der Waals surface area contributed by atoms with Gasteiger partial charge in [0.15, 0.2) is 35.0 Å². The number of hydrogen-bond donors (Lipinski definition) is 13. The maximum absolute atomic E-state index is 15.5. The highest BCUT2D eigenvalue weighted by molar-refractivity contribution is 6.29. The number of ketones is 4. The summed E-state index contributed by atoms with van der Waals surface area (Å²) < 4.78 is 47.5. The van der Waals surface area contributed by atoms with Crippen molar-refractivity contribution in [2.24, 2.45) is 45.3 Å². The topological polar surface area (TPSA) is 490 Å². The lowest BCUT2D eigenvalue weighted by Crippen LogP contribution is -2.59. The molecule has 6 heterocycles. The number of hydrogen-bond acceptors (Lipinski definition) is 30. The highest BCUT2D eigenvalue weighted by Gasteiger charge is 2.69. The van der Waals surface area contributed by atoms with Crippen LogP contribution in [0.5, 0.6) is 0 Å². The summed E-state index contributed by atoms with van der Waals surface area (Å²) in [6.45, 7) is 11.7. The van der Waals surface area contributed by atoms with E-state index in [9.17, 15) is 90.4 Å². The zero-order chi connectivity index (χ0) is 79.4. The maximum Gasteiger partial charge on any atom is 0.346 e. The van der Waals surface area contributed by atoms with Gasteiger partial charge in [0.25, 0.3) is 0 Å². The van der Waals surface area contributed by atoms with E-state index in [-0.39, 0.29) is 36.0 Å². The summed E-state index contributed by atoms with van der Waals surface area (Å²) in [6.07, 6.45) is -0.316. The van der Waals surface area contributed by atoms with Gasteiger partial charge in [0.2, 0.25) is 23.1 Å². The van der Waals surface area contributed by atoms with E-state index in [0.717, 1.165) is 18.2 Å². The van der Waals surface area contributed by atoms with Crippen LogP contribution in [0.4, 0.5) is 0 Å². The number of aliphatic hydroxyl groups is 13. The fourth-order valence-corrected chi connectivity index (χ4v) is 16.9. The molecule has 6 fully saturated rings. The molecule has 11 rings (SSSR count). The molecule has 11 aliphatic rings. The minimum atomic E-state index is -2.33. The van der Waals surface area contributed by atoms with Gasteiger partial charge in [-0.15, -0.1) is 0 Å². The van der Waals surface area contributed by atoms with E-state index in [1.807, 2.05) is 0 Å². The normalized spacial score (nSPS) is 43.3. The Bertz CT molecular complexity index is 4330. The molecule has 30 nitrogen and oxygen atoms in total. The van der Waals surface area contributed by atoms with E-state index in [2.05, 4.69) is 0 Å². The molecule has 30 heteroatoms. The molecule has 0 saturated carbocycles. The molecule has 13 N–H and O–H groups in total. The van der Waals surface area contributed by atoms with Crippen molar-refractivity contribution < 1.29 is 147 Å². The number of aldehydes is 1. The van der Waals surface area contributed by atoms with Gasteiger partial charge in [-0.3, -0.25) is 24.0 Å². The number of carbonyl (C=O) groups excluding carboxylic acids is 9. The monoisotopic (exact) mass is 1510 g/mol. The van der Waals surface area contributed by atoms with Crippen LogP contribution in [-0.4, -0.2) is 237 Å². The summed E-state index contributed by atoms with van der Waals surface area (Å²) in [5.74, 6) is -16.7. The Morgan fingerprint density at radius 1 is 0.435 bits per heavy atom. The summed E-state index contributed by atoms with van der Waals surface area (Å²) >= 11 is 0. The number of allylic oxidation sites excluding steroid dienone is 9. The lowest BCUT2D eigenvalue weighted by atomic mass is 9.60. The van der Waals surface area contributed by atoms with Gasteiger partial charge in [-0.1, -0.05) is 101 Å². The quantitative estimate of drug-likeness (QED) is 0.0491. The van der Waals surface area contributed by atoms with E-state index >= 15 is 19.2 Å². The van der Waals surface area contributed by atoms with Gasteiger partial charge in [-0.25, -0.2) is 19.2 Å². The SMILES string of the molecule is C/C1=C\C=C\[C@]2(C)C=C(CO[C@H]3O[C@@H](CO)[C@H](O)[C@H](O)[C@@H]3O)[C@H](C)C[C@@]23OC(=O)C(=C(O)/C=C/[C@]2(C)C=C(CO)[C@H](C)C[C@@]24OC(=O)C(=C(O)/C(C)=C/C=C/[C@]2(C)C=C(CO[C@@H]5O[C@@H](CO)[C@@H](O)[C@@H](O)[C@@H]5O)[C@@H](C)C[C@@]25OC(=O)C(=C(O)/C=C/[C@]2(C)C=C(C=O)[C@H](C)C[C@@]26OC(=O)C(=C1O)C6=O)C5=O)C4=O)C3=O. The van der Waals surface area contributed by atoms with E-state index < -0.39 is 261 Å². The number of ether oxygens (including phenoxy) is 8. The van der Waals surface area contributed by atoms with Gasteiger partial charge < -0.3 is 104 Å². The molecule has 0 aromatic heterocycles. The van der Waals surface area contributed by atoms with Crippen LogP contribution >= 0.6 is 0 Å². The Hall–Kier alpha value is -8.73. The first-order chi connectivity index (χ1) is 50.6. The van der Waals surface area contributed by atoms with Gasteiger partial charge in [0.1, 0.15) is 100 Å². The van der Waals surface area contributed by atoms with E-state index in [1.54, 1.807) is 27.7 Å². The van der Waals surface area contributed by atoms with Crippen LogP contribution in [0.25, 0.3) is 0 Å². The maximum atomic E-state index is 15.5. The minimum Gasteiger partial charge on any atom is -0.507 e. The predicted molar refractivity (Wildman–Crippen MR) is 370 cm³/mol. The Kier molecular flexibility index (Phi) is 21.5. The molecule has 6 saturated heterocycles. The third-order valence-corrected chi connectivity index (χ3v) is 23.8. The van der Waals surface area contributed by atoms with Crippen LogP contribution in [0.1, 0.15) is 94.9 Å². The number of esters is 4. The van der Waals surface area contributed by atoms with Crippen molar-refractivity contribution in [1.82, 2.24) is 0 Å². The lowest BCUT2D eigenvalue weighted by molar-refractivity contribution is -0.299. The first kappa shape index (κ1) is 80.3. The van der Waals surface area contributed by atoms with Gasteiger partial charge >= 0.3 is 23.9 Å². The molecule has 108 heavy (non-hydrogen) atoms. The number of fused-ring (bicyclic) bond motifs is 4. The summed E-state index contributed by atoms with van der Waals surface area (Å²) in [5.41, 5.74) is -19.5. The molecular formula is C78H90O30. The lowest BCUT2D eigenvalue weighted by Gasteiger charge is -2.46. The molecule has 4 spiro atoms. The second-order valence-electron chi connectivity index (χ2n) is 30.9. The van der Waals surface area contributed by atoms with Crippen LogP contribution in [-0.2, 0) is 81.0 Å². The summed E-state index contributed by atoms with van der Waals surface area (Å²) in [6, 6.07) is 0. The molecule has 0 aromatic rings. The smallest absolute Gasteiger partial charge is 0.346 e. The average molecular weight is 1510 g/mol. The third-order valence-electron chi connectivity index (χ3n) is 23.8. The van der Waals surface area contributed by atoms with E-state index in [4.69, 9.17) is 37.9 Å². The zero-order valence-electron chi connectivity index (χ0n) is 60.9. The Morgan fingerprint density at radius 3 is 1.10 bits per heavy atom. The highest BCUT2D eigenvalue weighted by Crippen LogP contribution is 2.59. The number of Topliss-reactive ketones (excluding diaryl/α,β-unsaturated/α-hetero) is 4. The molecule has 22 atom stereocenters. The summed E-state index contributed by atoms with van der Waals surface area (Å²) in [5, 5.41) is 143. The predicted octanol–water partition coefficient (Wildman–Crippen LogP) is 2.54. The van der Waals surface area contributed by atoms with Crippen molar-refractivity contribution in [3.8, 4) is 0 Å². The molecule has 0 amide bonds. The molecular weight excluding hydrogens is 1420 g/mol. The first-order valence-electron chi connectivity index (χ1n) is 35.3. The van der Waals surface area contributed by atoms with E-state index in [1.165, 1.54) is 108 Å². The van der Waals surface area contributed by atoms with Crippen molar-refractivity contribution in [2.45, 2.75) is 179 Å². The Balaban J connectivity index is 1.07. The number of rotatable bonds is 10. The largest absolute Gasteiger partial charge is 0.507 e. The van der Waals surface area contributed by atoms with Crippen LogP contribution < -0.4 is 0 Å². The molecule has 0 unspecified atom stereocenters. The highest BCUT2D eigenvalue weighted by atomic mass is 16.7. The Morgan fingerprint density at radius 2 is 0.750 bits per heavy atom. The van der Waals surface area contributed by atoms with Crippen molar-refractivity contribution in [2.75, 3.05) is 33.0 Å². The van der Waals surface area contributed by atoms with Gasteiger partial charge in [0.05, 0.1) is 54.7 Å². The Labute approximate surface area is 619 Å². The number of aliphatic hydroxyl groups excluding tert-OH is 13. The molecule has 582 valence electrons. The fraction of sp³-hybridized carbons (Fsp3) is 0.526. The second kappa shape index (κ2) is 28.9. The van der Waals surface area contributed by atoms with Crippen molar-refractivity contribution in [1.29, 1.82) is 0 Å². The zero-order valence-corrected chi connectivity index (χ0v) is 60.9. The van der Waals surface area contributed by atoms with Crippen LogP contribution in [0, 0.1) is 45.3 Å². The number of carbonyl (C=O) groups is 9. The van der Waals surface area contributed by atoms with E-state index in [0.29, 0.717) is 23.0 Å².